The maximum Gasteiger partial charge on any atom is 0.320 e. The summed E-state index contributed by atoms with van der Waals surface area (Å²) in [6.45, 7) is 1.95. The molecule has 0 amide bonds. The van der Waals surface area contributed by atoms with Crippen LogP contribution in [0.3, 0.4) is 0 Å². The normalized spacial score (nSPS) is 12.8. The van der Waals surface area contributed by atoms with E-state index in [1.807, 2.05) is 31.4 Å². The Kier molecular flexibility index (Phi) is 3.63. The van der Waals surface area contributed by atoms with Gasteiger partial charge in [0.15, 0.2) is 0 Å². The summed E-state index contributed by atoms with van der Waals surface area (Å²) in [7, 11) is 0. The summed E-state index contributed by atoms with van der Waals surface area (Å²) < 4.78 is 0. The van der Waals surface area contributed by atoms with Crippen molar-refractivity contribution in [2.24, 2.45) is 5.73 Å². The van der Waals surface area contributed by atoms with Crippen molar-refractivity contribution in [3.05, 3.63) is 29.5 Å². The van der Waals surface area contributed by atoms with Gasteiger partial charge in [0.05, 0.1) is 5.52 Å². The third-order valence-corrected chi connectivity index (χ3v) is 3.86. The van der Waals surface area contributed by atoms with Gasteiger partial charge in [-0.2, -0.15) is 0 Å². The monoisotopic (exact) mass is 264 g/mol. The quantitative estimate of drug-likeness (QED) is 0.739. The molecule has 18 heavy (non-hydrogen) atoms. The van der Waals surface area contributed by atoms with E-state index in [2.05, 4.69) is 4.98 Å². The fourth-order valence-corrected chi connectivity index (χ4v) is 2.70. The molecule has 1 aromatic carbocycles. The average Bonchev–Trinajstić information content (AvgIpc) is 2.65. The van der Waals surface area contributed by atoms with Crippen LogP contribution in [0.25, 0.3) is 10.9 Å². The molecule has 0 radical (unpaired) electrons. The van der Waals surface area contributed by atoms with Crippen molar-refractivity contribution in [2.45, 2.75) is 24.3 Å². The molecule has 4 nitrogen and oxygen atoms in total. The van der Waals surface area contributed by atoms with Gasteiger partial charge in [0.2, 0.25) is 0 Å². The molecule has 0 saturated heterocycles. The van der Waals surface area contributed by atoms with Crippen molar-refractivity contribution >= 4 is 28.6 Å². The molecule has 0 aliphatic rings. The summed E-state index contributed by atoms with van der Waals surface area (Å²) >= 11 is 1.67. The standard InChI is InChI=1S/C13H16N2O2S/c1-7-9(6-10(14)13(16)17)8-4-3-5-11(18-2)12(8)15-7/h3-5,10,15H,6,14H2,1-2H3,(H,16,17). The summed E-state index contributed by atoms with van der Waals surface area (Å²) in [5.74, 6) is -0.968. The van der Waals surface area contributed by atoms with Crippen LogP contribution in [0.4, 0.5) is 0 Å². The van der Waals surface area contributed by atoms with E-state index in [4.69, 9.17) is 10.8 Å². The van der Waals surface area contributed by atoms with Crippen molar-refractivity contribution < 1.29 is 9.90 Å². The highest BCUT2D eigenvalue weighted by molar-refractivity contribution is 7.98. The summed E-state index contributed by atoms with van der Waals surface area (Å²) in [6.07, 6.45) is 2.37. The lowest BCUT2D eigenvalue weighted by molar-refractivity contribution is -0.138. The molecule has 1 unspecified atom stereocenters. The van der Waals surface area contributed by atoms with E-state index < -0.39 is 12.0 Å². The fraction of sp³-hybridized carbons (Fsp3) is 0.308. The number of aromatic nitrogens is 1. The molecule has 0 aliphatic heterocycles. The topological polar surface area (TPSA) is 79.1 Å². The first-order chi connectivity index (χ1) is 8.54. The number of aryl methyl sites for hydroxylation is 1. The van der Waals surface area contributed by atoms with Gasteiger partial charge in [0.1, 0.15) is 6.04 Å². The number of thioether (sulfide) groups is 1. The van der Waals surface area contributed by atoms with Gasteiger partial charge < -0.3 is 15.8 Å². The number of aliphatic carboxylic acids is 1. The molecular formula is C13H16N2O2S. The molecule has 0 spiro atoms. The number of nitrogens with two attached hydrogens (primary N) is 1. The number of aromatic amines is 1. The number of H-pyrrole nitrogens is 1. The van der Waals surface area contributed by atoms with Crippen LogP contribution in [0.15, 0.2) is 23.1 Å². The van der Waals surface area contributed by atoms with E-state index in [1.54, 1.807) is 11.8 Å². The van der Waals surface area contributed by atoms with E-state index in [0.29, 0.717) is 6.42 Å². The molecule has 0 aliphatic carbocycles. The van der Waals surface area contributed by atoms with Crippen LogP contribution >= 0.6 is 11.8 Å². The number of fused-ring (bicyclic) bond motifs is 1. The van der Waals surface area contributed by atoms with E-state index in [9.17, 15) is 4.79 Å². The number of rotatable bonds is 4. The lowest BCUT2D eigenvalue weighted by Crippen LogP contribution is -2.32. The van der Waals surface area contributed by atoms with Gasteiger partial charge in [0.25, 0.3) is 0 Å². The molecule has 2 aromatic rings. The number of nitrogens with one attached hydrogen (secondary N) is 1. The van der Waals surface area contributed by atoms with Gasteiger partial charge in [-0.05, 0) is 24.8 Å². The Bertz CT molecular complexity index is 592. The van der Waals surface area contributed by atoms with Gasteiger partial charge in [-0.25, -0.2) is 0 Å². The third-order valence-electron chi connectivity index (χ3n) is 3.08. The van der Waals surface area contributed by atoms with Crippen LogP contribution in [-0.2, 0) is 11.2 Å². The number of carboxylic acid groups (broad SMARTS) is 1. The lowest BCUT2D eigenvalue weighted by Gasteiger charge is -2.06. The molecule has 0 fully saturated rings. The zero-order valence-electron chi connectivity index (χ0n) is 10.4. The highest BCUT2D eigenvalue weighted by Gasteiger charge is 2.17. The highest BCUT2D eigenvalue weighted by Crippen LogP contribution is 2.30. The first kappa shape index (κ1) is 13.0. The molecular weight excluding hydrogens is 248 g/mol. The van der Waals surface area contributed by atoms with E-state index in [0.717, 1.165) is 27.1 Å². The van der Waals surface area contributed by atoms with Gasteiger partial charge in [0, 0.05) is 22.4 Å². The molecule has 0 bridgehead atoms. The van der Waals surface area contributed by atoms with Gasteiger partial charge in [-0.15, -0.1) is 11.8 Å². The molecule has 5 heteroatoms. The second-order valence-corrected chi connectivity index (χ2v) is 5.11. The first-order valence-electron chi connectivity index (χ1n) is 5.67. The second kappa shape index (κ2) is 5.04. The van der Waals surface area contributed by atoms with Crippen molar-refractivity contribution in [1.29, 1.82) is 0 Å². The predicted molar refractivity (Wildman–Crippen MR) is 74.1 cm³/mol. The Morgan fingerprint density at radius 3 is 2.89 bits per heavy atom. The highest BCUT2D eigenvalue weighted by atomic mass is 32.2. The van der Waals surface area contributed by atoms with Crippen molar-refractivity contribution in [1.82, 2.24) is 4.98 Å². The number of hydrogen-bond donors (Lipinski definition) is 3. The fourth-order valence-electron chi connectivity index (χ4n) is 2.12. The third kappa shape index (κ3) is 2.23. The Balaban J connectivity index is 2.51. The molecule has 0 saturated carbocycles. The molecule has 2 rings (SSSR count). The molecule has 4 N–H and O–H groups in total. The molecule has 96 valence electrons. The minimum atomic E-state index is -0.968. The van der Waals surface area contributed by atoms with Crippen LogP contribution in [0, 0.1) is 6.92 Å². The van der Waals surface area contributed by atoms with Crippen LogP contribution in [0.2, 0.25) is 0 Å². The number of carbonyl (C=O) groups is 1. The lowest BCUT2D eigenvalue weighted by atomic mass is 10.0. The number of para-hydroxylation sites is 1. The summed E-state index contributed by atoms with van der Waals surface area (Å²) in [6, 6.07) is 5.17. The number of benzene rings is 1. The van der Waals surface area contributed by atoms with Gasteiger partial charge >= 0.3 is 5.97 Å². The molecule has 1 atom stereocenters. The second-order valence-electron chi connectivity index (χ2n) is 4.26. The predicted octanol–water partition coefficient (Wildman–Crippen LogP) is 2.15. The Morgan fingerprint density at radius 1 is 1.56 bits per heavy atom. The van der Waals surface area contributed by atoms with Crippen LogP contribution in [0.1, 0.15) is 11.3 Å². The zero-order chi connectivity index (χ0) is 13.3. The summed E-state index contributed by atoms with van der Waals surface area (Å²) in [5, 5.41) is 9.97. The van der Waals surface area contributed by atoms with E-state index >= 15 is 0 Å². The van der Waals surface area contributed by atoms with Crippen molar-refractivity contribution in [3.63, 3.8) is 0 Å². The smallest absolute Gasteiger partial charge is 0.320 e. The average molecular weight is 264 g/mol. The van der Waals surface area contributed by atoms with Crippen molar-refractivity contribution in [3.8, 4) is 0 Å². The Morgan fingerprint density at radius 2 is 2.28 bits per heavy atom. The van der Waals surface area contributed by atoms with Gasteiger partial charge in [-0.1, -0.05) is 12.1 Å². The van der Waals surface area contributed by atoms with Crippen LogP contribution in [-0.4, -0.2) is 28.4 Å². The summed E-state index contributed by atoms with van der Waals surface area (Å²) in [4.78, 5) is 15.3. The van der Waals surface area contributed by atoms with Crippen LogP contribution < -0.4 is 5.73 Å². The number of hydrogen-bond acceptors (Lipinski definition) is 3. The Hall–Kier alpha value is -1.46. The zero-order valence-corrected chi connectivity index (χ0v) is 11.2. The molecule has 1 heterocycles. The molecule has 1 aromatic heterocycles. The summed E-state index contributed by atoms with van der Waals surface area (Å²) in [5.41, 5.74) is 8.67. The Labute approximate surface area is 110 Å². The largest absolute Gasteiger partial charge is 0.480 e. The van der Waals surface area contributed by atoms with Crippen molar-refractivity contribution in [2.75, 3.05) is 6.26 Å². The minimum absolute atomic E-state index is 0.346. The van der Waals surface area contributed by atoms with Gasteiger partial charge in [-0.3, -0.25) is 4.79 Å². The first-order valence-corrected chi connectivity index (χ1v) is 6.89. The minimum Gasteiger partial charge on any atom is -0.480 e. The number of carboxylic acids is 1. The maximum atomic E-state index is 10.9. The van der Waals surface area contributed by atoms with E-state index in [1.165, 1.54) is 0 Å². The van der Waals surface area contributed by atoms with E-state index in [-0.39, 0.29) is 0 Å². The SMILES string of the molecule is CSc1cccc2c(CC(N)C(=O)O)c(C)[nH]c12. The van der Waals surface area contributed by atoms with Crippen LogP contribution in [0.5, 0.6) is 0 Å². The maximum absolute atomic E-state index is 10.9.